The molecule has 0 radical (unpaired) electrons. The molecule has 78 valence electrons. The molecule has 1 heteroatoms. The number of hydrogen-bond donors (Lipinski definition) is 0. The zero-order valence-corrected chi connectivity index (χ0v) is 9.14. The third-order valence-electron chi connectivity index (χ3n) is 5.45. The van der Waals surface area contributed by atoms with Crippen molar-refractivity contribution in [3.8, 4) is 0 Å². The van der Waals surface area contributed by atoms with Gasteiger partial charge in [0.25, 0.3) is 0 Å². The molecule has 0 heterocycles. The summed E-state index contributed by atoms with van der Waals surface area (Å²) in [5.41, 5.74) is 1.90. The van der Waals surface area contributed by atoms with Crippen LogP contribution in [-0.2, 0) is 4.74 Å². The van der Waals surface area contributed by atoms with Crippen LogP contribution in [0.5, 0.6) is 0 Å². The first-order valence-electron chi connectivity index (χ1n) is 6.31. The maximum Gasteiger partial charge on any atom is 0.0695 e. The lowest BCUT2D eigenvalue weighted by Crippen LogP contribution is -2.69. The normalized spacial score (nSPS) is 62.8. The molecule has 7 fully saturated rings. The molecule has 0 aliphatic heterocycles. The molecular formula is C13H20O. The first kappa shape index (κ1) is 8.15. The fraction of sp³-hybridized carbons (Fsp3) is 1.00. The Morgan fingerprint density at radius 1 is 1.00 bits per heavy atom. The van der Waals surface area contributed by atoms with Crippen LogP contribution in [-0.4, -0.2) is 12.2 Å². The van der Waals surface area contributed by atoms with Crippen molar-refractivity contribution in [3.63, 3.8) is 0 Å². The maximum absolute atomic E-state index is 6.13. The van der Waals surface area contributed by atoms with E-state index < -0.39 is 0 Å². The molecule has 2 spiro atoms. The van der Waals surface area contributed by atoms with E-state index in [1.54, 1.807) is 25.7 Å². The van der Waals surface area contributed by atoms with Crippen LogP contribution in [0.25, 0.3) is 0 Å². The van der Waals surface area contributed by atoms with Gasteiger partial charge in [-0.15, -0.1) is 0 Å². The van der Waals surface area contributed by atoms with Gasteiger partial charge in [0.1, 0.15) is 0 Å². The van der Waals surface area contributed by atoms with Gasteiger partial charge in [0.2, 0.25) is 0 Å². The predicted molar refractivity (Wildman–Crippen MR) is 55.0 cm³/mol. The topological polar surface area (TPSA) is 9.23 Å². The minimum Gasteiger partial charge on any atom is -0.375 e. The number of hydrogen-bond acceptors (Lipinski definition) is 1. The second-order valence-corrected chi connectivity index (χ2v) is 6.80. The Hall–Kier alpha value is -0.0400. The van der Waals surface area contributed by atoms with Gasteiger partial charge in [-0.1, -0.05) is 0 Å². The summed E-state index contributed by atoms with van der Waals surface area (Å²) >= 11 is 0. The van der Waals surface area contributed by atoms with E-state index in [1.165, 1.54) is 19.3 Å². The van der Waals surface area contributed by atoms with E-state index in [1.807, 2.05) is 0 Å². The van der Waals surface area contributed by atoms with Crippen LogP contribution in [0.1, 0.15) is 51.9 Å². The molecular weight excluding hydrogens is 172 g/mol. The molecule has 0 atom stereocenters. The van der Waals surface area contributed by atoms with E-state index in [0.717, 1.165) is 23.4 Å². The van der Waals surface area contributed by atoms with Crippen LogP contribution in [0.2, 0.25) is 0 Å². The average Bonchev–Trinajstić information content (AvgIpc) is 1.96. The van der Waals surface area contributed by atoms with E-state index in [9.17, 15) is 0 Å². The first-order chi connectivity index (χ1) is 6.67. The Kier molecular flexibility index (Phi) is 1.20. The van der Waals surface area contributed by atoms with Crippen molar-refractivity contribution in [3.05, 3.63) is 0 Å². The fourth-order valence-electron chi connectivity index (χ4n) is 6.23. The molecule has 0 aromatic carbocycles. The summed E-state index contributed by atoms with van der Waals surface area (Å²) in [6, 6.07) is 0. The molecule has 1 nitrogen and oxygen atoms in total. The monoisotopic (exact) mass is 192 g/mol. The van der Waals surface area contributed by atoms with Crippen LogP contribution in [0.15, 0.2) is 0 Å². The highest BCUT2D eigenvalue weighted by Crippen LogP contribution is 2.79. The molecule has 0 aromatic rings. The standard InChI is InChI=1S/C13H20O/c1-2-14-13-5-10-3-11(8-13)6-12(4-10,7-11)9-13/h10H,2-9H2,1H3. The van der Waals surface area contributed by atoms with Crippen molar-refractivity contribution in [1.29, 1.82) is 0 Å². The third kappa shape index (κ3) is 0.778. The van der Waals surface area contributed by atoms with Crippen LogP contribution in [0.3, 0.4) is 0 Å². The summed E-state index contributed by atoms with van der Waals surface area (Å²) in [7, 11) is 0. The summed E-state index contributed by atoms with van der Waals surface area (Å²) in [6.07, 6.45) is 10.4. The summed E-state index contributed by atoms with van der Waals surface area (Å²) in [4.78, 5) is 0. The molecule has 0 amide bonds. The molecule has 0 aromatic heterocycles. The van der Waals surface area contributed by atoms with Gasteiger partial charge in [-0.25, -0.2) is 0 Å². The largest absolute Gasteiger partial charge is 0.375 e. The molecule has 14 heavy (non-hydrogen) atoms. The minimum atomic E-state index is 0.354. The van der Waals surface area contributed by atoms with Gasteiger partial charge in [-0.3, -0.25) is 0 Å². The smallest absolute Gasteiger partial charge is 0.0695 e. The molecule has 7 aliphatic carbocycles. The second-order valence-electron chi connectivity index (χ2n) is 6.80. The third-order valence-corrected chi connectivity index (χ3v) is 5.45. The highest BCUT2D eigenvalue weighted by Gasteiger charge is 2.71. The zero-order valence-electron chi connectivity index (χ0n) is 9.14. The Bertz CT molecular complexity index is 257. The Morgan fingerprint density at radius 3 is 2.14 bits per heavy atom. The van der Waals surface area contributed by atoms with Gasteiger partial charge in [-0.05, 0) is 68.6 Å². The molecule has 0 unspecified atom stereocenters. The molecule has 4 bridgehead atoms. The molecule has 7 rings (SSSR count). The summed E-state index contributed by atoms with van der Waals surface area (Å²) in [5, 5.41) is 0. The highest BCUT2D eigenvalue weighted by molar-refractivity contribution is 5.22. The van der Waals surface area contributed by atoms with Crippen molar-refractivity contribution in [2.75, 3.05) is 6.61 Å². The van der Waals surface area contributed by atoms with Crippen molar-refractivity contribution in [2.45, 2.75) is 57.5 Å². The van der Waals surface area contributed by atoms with E-state index in [2.05, 4.69) is 6.92 Å². The van der Waals surface area contributed by atoms with Crippen LogP contribution >= 0.6 is 0 Å². The lowest BCUT2D eigenvalue weighted by atomic mass is 9.31. The second kappa shape index (κ2) is 2.07. The Balaban J connectivity index is 1.73. The predicted octanol–water partition coefficient (Wildman–Crippen LogP) is 3.14. The van der Waals surface area contributed by atoms with E-state index in [4.69, 9.17) is 4.74 Å². The van der Waals surface area contributed by atoms with E-state index in [-0.39, 0.29) is 0 Å². The quantitative estimate of drug-likeness (QED) is 0.653. The van der Waals surface area contributed by atoms with Crippen molar-refractivity contribution < 1.29 is 4.74 Å². The molecule has 0 N–H and O–H groups in total. The lowest BCUT2D eigenvalue weighted by molar-refractivity contribution is -0.292. The maximum atomic E-state index is 6.13. The van der Waals surface area contributed by atoms with Gasteiger partial charge in [0, 0.05) is 6.61 Å². The van der Waals surface area contributed by atoms with E-state index >= 15 is 0 Å². The van der Waals surface area contributed by atoms with Crippen LogP contribution in [0.4, 0.5) is 0 Å². The highest BCUT2D eigenvalue weighted by atomic mass is 16.5. The SMILES string of the molecule is CCOC12CC3CC4(CC(C3)(C4)C1)C2. The van der Waals surface area contributed by atoms with Gasteiger partial charge < -0.3 is 4.74 Å². The molecule has 7 saturated carbocycles. The molecule has 7 aliphatic rings. The average molecular weight is 192 g/mol. The van der Waals surface area contributed by atoms with Gasteiger partial charge in [0.05, 0.1) is 5.60 Å². The van der Waals surface area contributed by atoms with E-state index in [0.29, 0.717) is 5.60 Å². The lowest BCUT2D eigenvalue weighted by Gasteiger charge is -2.75. The Labute approximate surface area is 86.2 Å². The summed E-state index contributed by atoms with van der Waals surface area (Å²) in [6.45, 7) is 3.10. The van der Waals surface area contributed by atoms with Crippen molar-refractivity contribution in [2.24, 2.45) is 16.7 Å². The van der Waals surface area contributed by atoms with Gasteiger partial charge in [-0.2, -0.15) is 0 Å². The van der Waals surface area contributed by atoms with Crippen LogP contribution < -0.4 is 0 Å². The zero-order chi connectivity index (χ0) is 9.44. The minimum absolute atomic E-state index is 0.354. The summed E-state index contributed by atoms with van der Waals surface area (Å²) < 4.78 is 6.13. The first-order valence-corrected chi connectivity index (χ1v) is 6.31. The van der Waals surface area contributed by atoms with Gasteiger partial charge >= 0.3 is 0 Å². The Morgan fingerprint density at radius 2 is 1.64 bits per heavy atom. The number of ether oxygens (including phenoxy) is 1. The van der Waals surface area contributed by atoms with Crippen molar-refractivity contribution in [1.82, 2.24) is 0 Å². The fourth-order valence-corrected chi connectivity index (χ4v) is 6.23. The van der Waals surface area contributed by atoms with Gasteiger partial charge in [0.15, 0.2) is 0 Å². The molecule has 0 saturated heterocycles. The number of rotatable bonds is 2. The van der Waals surface area contributed by atoms with Crippen molar-refractivity contribution >= 4 is 0 Å². The summed E-state index contributed by atoms with van der Waals surface area (Å²) in [5.74, 6) is 1.03. The van der Waals surface area contributed by atoms with Crippen LogP contribution in [0, 0.1) is 16.7 Å².